The monoisotopic (exact) mass is 430 g/mol. The molecule has 0 aliphatic rings. The summed E-state index contributed by atoms with van der Waals surface area (Å²) < 4.78 is 5.93. The summed E-state index contributed by atoms with van der Waals surface area (Å²) in [6.45, 7) is 2.77. The molecule has 1 aromatic heterocycles. The number of nitriles is 1. The number of anilines is 3. The summed E-state index contributed by atoms with van der Waals surface area (Å²) in [7, 11) is 0. The number of hydrogen-bond acceptors (Lipinski definition) is 7. The molecule has 0 saturated carbocycles. The molecule has 0 radical (unpaired) electrons. The molecule has 4 rings (SSSR count). The lowest BCUT2D eigenvalue weighted by molar-refractivity contribution is 0.442. The van der Waals surface area contributed by atoms with Crippen molar-refractivity contribution in [3.8, 4) is 17.8 Å². The van der Waals surface area contributed by atoms with Crippen LogP contribution >= 0.6 is 11.6 Å². The van der Waals surface area contributed by atoms with E-state index in [1.165, 1.54) is 0 Å². The van der Waals surface area contributed by atoms with Crippen LogP contribution in [0.25, 0.3) is 10.8 Å². The van der Waals surface area contributed by atoms with Crippen LogP contribution in [0.5, 0.6) is 11.8 Å². The zero-order valence-electron chi connectivity index (χ0n) is 16.8. The summed E-state index contributed by atoms with van der Waals surface area (Å²) in [4.78, 5) is 13.2. The maximum Gasteiger partial charge on any atom is 0.328 e. The first kappa shape index (κ1) is 20.4. The van der Waals surface area contributed by atoms with Gasteiger partial charge in [0.2, 0.25) is 11.9 Å². The number of nitrogens with zero attached hydrogens (tertiary/aromatic N) is 4. The van der Waals surface area contributed by atoms with Gasteiger partial charge in [0.15, 0.2) is 0 Å². The molecule has 4 aromatic rings. The lowest BCUT2D eigenvalue weighted by atomic mass is 10.1. The van der Waals surface area contributed by atoms with Crippen LogP contribution in [0.15, 0.2) is 60.7 Å². The van der Waals surface area contributed by atoms with Gasteiger partial charge in [0.1, 0.15) is 5.75 Å². The molecule has 0 saturated heterocycles. The Balaban J connectivity index is 1.63. The summed E-state index contributed by atoms with van der Waals surface area (Å²) in [5.41, 5.74) is 1.32. The number of halogens is 1. The maximum absolute atomic E-state index is 8.96. The smallest absolute Gasteiger partial charge is 0.328 e. The van der Waals surface area contributed by atoms with Crippen molar-refractivity contribution in [2.75, 3.05) is 17.2 Å². The Bertz CT molecular complexity index is 1250. The van der Waals surface area contributed by atoms with Crippen molar-refractivity contribution in [1.29, 1.82) is 5.26 Å². The third-order valence-corrected chi connectivity index (χ3v) is 4.76. The molecule has 0 atom stereocenters. The molecule has 0 bridgehead atoms. The quantitative estimate of drug-likeness (QED) is 0.376. The number of rotatable bonds is 7. The topological polar surface area (TPSA) is 95.8 Å². The van der Waals surface area contributed by atoms with Gasteiger partial charge in [0, 0.05) is 22.6 Å². The van der Waals surface area contributed by atoms with Gasteiger partial charge >= 0.3 is 6.01 Å². The molecule has 154 valence electrons. The fraction of sp³-hybridized carbons (Fsp3) is 0.130. The van der Waals surface area contributed by atoms with Crippen molar-refractivity contribution in [2.45, 2.75) is 13.3 Å². The average Bonchev–Trinajstić information content (AvgIpc) is 2.79. The van der Waals surface area contributed by atoms with E-state index in [-0.39, 0.29) is 6.01 Å². The van der Waals surface area contributed by atoms with Crippen LogP contribution in [-0.2, 0) is 0 Å². The summed E-state index contributed by atoms with van der Waals surface area (Å²) in [6.07, 6.45) is 0.920. The van der Waals surface area contributed by atoms with Gasteiger partial charge in [0.25, 0.3) is 0 Å². The molecule has 7 nitrogen and oxygen atoms in total. The molecule has 0 unspecified atom stereocenters. The Morgan fingerprint density at radius 3 is 2.58 bits per heavy atom. The highest BCUT2D eigenvalue weighted by Gasteiger charge is 2.10. The fourth-order valence-corrected chi connectivity index (χ4v) is 3.15. The predicted molar refractivity (Wildman–Crippen MR) is 122 cm³/mol. The number of aromatic nitrogens is 3. The zero-order valence-corrected chi connectivity index (χ0v) is 17.5. The second kappa shape index (κ2) is 9.28. The Morgan fingerprint density at radius 1 is 1.00 bits per heavy atom. The van der Waals surface area contributed by atoms with Crippen molar-refractivity contribution >= 4 is 40.0 Å². The van der Waals surface area contributed by atoms with E-state index in [2.05, 4.69) is 38.6 Å². The number of benzene rings is 3. The minimum atomic E-state index is 0.149. The van der Waals surface area contributed by atoms with Crippen LogP contribution in [-0.4, -0.2) is 21.5 Å². The van der Waals surface area contributed by atoms with Crippen LogP contribution in [0.2, 0.25) is 5.02 Å². The molecule has 8 heteroatoms. The minimum Gasteiger partial charge on any atom is -0.424 e. The average molecular weight is 431 g/mol. The Hall–Kier alpha value is -3.89. The Kier molecular flexibility index (Phi) is 6.11. The molecule has 0 fully saturated rings. The van der Waals surface area contributed by atoms with Crippen LogP contribution < -0.4 is 15.4 Å². The molecule has 3 aromatic carbocycles. The van der Waals surface area contributed by atoms with Crippen LogP contribution in [0.4, 0.5) is 17.6 Å². The Labute approximate surface area is 184 Å². The van der Waals surface area contributed by atoms with Gasteiger partial charge in [-0.25, -0.2) is 0 Å². The van der Waals surface area contributed by atoms with E-state index in [9.17, 15) is 0 Å². The van der Waals surface area contributed by atoms with Crippen LogP contribution in [0.1, 0.15) is 18.9 Å². The molecule has 31 heavy (non-hydrogen) atoms. The van der Waals surface area contributed by atoms with E-state index in [0.717, 1.165) is 22.9 Å². The number of fused-ring (bicyclic) bond motifs is 1. The highest BCUT2D eigenvalue weighted by atomic mass is 35.5. The maximum atomic E-state index is 8.96. The molecular formula is C23H19ClN6O. The number of ether oxygens (including phenoxy) is 1. The predicted octanol–water partition coefficient (Wildman–Crippen LogP) is 5.91. The lowest BCUT2D eigenvalue weighted by Crippen LogP contribution is -2.08. The first-order valence-corrected chi connectivity index (χ1v) is 10.2. The SMILES string of the molecule is CCCNc1nc(Nc2ccc(C#N)cc2)nc(Oc2ccc3cccc(Cl)c3c2)n1. The van der Waals surface area contributed by atoms with Gasteiger partial charge in [-0.05, 0) is 54.3 Å². The summed E-state index contributed by atoms with van der Waals surface area (Å²) in [5.74, 6) is 1.30. The third kappa shape index (κ3) is 5.00. The molecule has 0 spiro atoms. The molecule has 1 heterocycles. The van der Waals surface area contributed by atoms with Gasteiger partial charge in [0.05, 0.1) is 11.6 Å². The van der Waals surface area contributed by atoms with Crippen molar-refractivity contribution in [3.63, 3.8) is 0 Å². The number of hydrogen-bond donors (Lipinski definition) is 2. The fourth-order valence-electron chi connectivity index (χ4n) is 2.91. The minimum absolute atomic E-state index is 0.149. The van der Waals surface area contributed by atoms with E-state index in [4.69, 9.17) is 21.6 Å². The first-order valence-electron chi connectivity index (χ1n) is 9.78. The Morgan fingerprint density at radius 2 is 1.81 bits per heavy atom. The highest BCUT2D eigenvalue weighted by molar-refractivity contribution is 6.35. The number of nitrogens with one attached hydrogen (secondary N) is 2. The second-order valence-electron chi connectivity index (χ2n) is 6.73. The van der Waals surface area contributed by atoms with E-state index >= 15 is 0 Å². The van der Waals surface area contributed by atoms with Crippen molar-refractivity contribution in [2.24, 2.45) is 0 Å². The van der Waals surface area contributed by atoms with E-state index in [1.54, 1.807) is 24.3 Å². The standard InChI is InChI=1S/C23H19ClN6O/c1-2-12-26-21-28-22(27-17-9-6-15(14-25)7-10-17)30-23(29-21)31-18-11-8-16-4-3-5-20(24)19(16)13-18/h3-11,13H,2,12H2,1H3,(H2,26,27,28,29,30). The van der Waals surface area contributed by atoms with Crippen molar-refractivity contribution in [3.05, 3.63) is 71.2 Å². The molecule has 2 N–H and O–H groups in total. The largest absolute Gasteiger partial charge is 0.424 e. The van der Waals surface area contributed by atoms with E-state index < -0.39 is 0 Å². The van der Waals surface area contributed by atoms with Gasteiger partial charge in [-0.1, -0.05) is 36.7 Å². The van der Waals surface area contributed by atoms with Crippen molar-refractivity contribution < 1.29 is 4.74 Å². The van der Waals surface area contributed by atoms with Gasteiger partial charge in [-0.2, -0.15) is 20.2 Å². The highest BCUT2D eigenvalue weighted by Crippen LogP contribution is 2.29. The molecular weight excluding hydrogens is 412 g/mol. The van der Waals surface area contributed by atoms with E-state index in [1.807, 2.05) is 36.4 Å². The lowest BCUT2D eigenvalue weighted by Gasteiger charge is -2.11. The normalized spacial score (nSPS) is 10.5. The van der Waals surface area contributed by atoms with Gasteiger partial charge < -0.3 is 15.4 Å². The first-order chi connectivity index (χ1) is 15.1. The van der Waals surface area contributed by atoms with E-state index in [0.29, 0.717) is 34.8 Å². The summed E-state index contributed by atoms with van der Waals surface area (Å²) in [6, 6.07) is 20.6. The second-order valence-corrected chi connectivity index (χ2v) is 7.14. The zero-order chi connectivity index (χ0) is 21.6. The summed E-state index contributed by atoms with van der Waals surface area (Å²) in [5, 5.41) is 17.8. The molecule has 0 aliphatic heterocycles. The van der Waals surface area contributed by atoms with Crippen molar-refractivity contribution in [1.82, 2.24) is 15.0 Å². The van der Waals surface area contributed by atoms with Crippen LogP contribution in [0.3, 0.4) is 0 Å². The van der Waals surface area contributed by atoms with Gasteiger partial charge in [-0.3, -0.25) is 0 Å². The van der Waals surface area contributed by atoms with Gasteiger partial charge in [-0.15, -0.1) is 0 Å². The third-order valence-electron chi connectivity index (χ3n) is 4.43. The summed E-state index contributed by atoms with van der Waals surface area (Å²) >= 11 is 6.31. The molecule has 0 amide bonds. The molecule has 0 aliphatic carbocycles. The van der Waals surface area contributed by atoms with Crippen LogP contribution in [0, 0.1) is 11.3 Å².